The Balaban J connectivity index is 1.84. The number of rotatable bonds is 0. The summed E-state index contributed by atoms with van der Waals surface area (Å²) < 4.78 is 2.35. The van der Waals surface area contributed by atoms with Crippen LogP contribution in [0.4, 0.5) is 0 Å². The Morgan fingerprint density at radius 1 is 1.00 bits per heavy atom. The molecule has 1 aliphatic rings. The van der Waals surface area contributed by atoms with E-state index < -0.39 is 0 Å². The van der Waals surface area contributed by atoms with Gasteiger partial charge in [0.15, 0.2) is 0 Å². The molecule has 0 fully saturated rings. The molecule has 2 heteroatoms. The van der Waals surface area contributed by atoms with Gasteiger partial charge in [-0.1, -0.05) is 30.0 Å². The van der Waals surface area contributed by atoms with Crippen molar-refractivity contribution in [3.63, 3.8) is 0 Å². The molecular weight excluding hydrogens is 232 g/mol. The zero-order valence-electron chi connectivity index (χ0n) is 11.3. The highest BCUT2D eigenvalue weighted by Gasteiger charge is 2.11. The fourth-order valence-electron chi connectivity index (χ4n) is 2.50. The molecule has 0 spiro atoms. The van der Waals surface area contributed by atoms with Crippen LogP contribution in [-0.2, 0) is 13.1 Å². The van der Waals surface area contributed by atoms with E-state index in [2.05, 4.69) is 40.6 Å². The van der Waals surface area contributed by atoms with Gasteiger partial charge >= 0.3 is 0 Å². The van der Waals surface area contributed by atoms with Gasteiger partial charge in [-0.05, 0) is 38.2 Å². The Hall–Kier alpha value is -1.98. The van der Waals surface area contributed by atoms with E-state index in [1.165, 1.54) is 18.7 Å². The van der Waals surface area contributed by atoms with Crippen molar-refractivity contribution in [2.75, 3.05) is 13.6 Å². The second-order valence-electron chi connectivity index (χ2n) is 5.12. The van der Waals surface area contributed by atoms with E-state index in [1.54, 1.807) is 0 Å². The predicted molar refractivity (Wildman–Crippen MR) is 77.8 cm³/mol. The summed E-state index contributed by atoms with van der Waals surface area (Å²) in [6, 6.07) is 12.4. The van der Waals surface area contributed by atoms with Gasteiger partial charge in [-0.2, -0.15) is 0 Å². The summed E-state index contributed by atoms with van der Waals surface area (Å²) in [5.41, 5.74) is 3.56. The van der Waals surface area contributed by atoms with Crippen molar-refractivity contribution < 1.29 is 0 Å². The molecule has 1 aromatic carbocycles. The molecule has 2 heterocycles. The number of hydrogen-bond donors (Lipinski definition) is 0. The lowest BCUT2D eigenvalue weighted by Crippen LogP contribution is -2.16. The van der Waals surface area contributed by atoms with E-state index in [-0.39, 0.29) is 0 Å². The SMILES string of the molecule is CN1CCCn2cc(C#Cc3ccccc3)cc2C1. The first kappa shape index (κ1) is 12.1. The fraction of sp³-hybridized carbons (Fsp3) is 0.294. The monoisotopic (exact) mass is 250 g/mol. The van der Waals surface area contributed by atoms with Gasteiger partial charge in [-0.3, -0.25) is 0 Å². The van der Waals surface area contributed by atoms with Crippen LogP contribution >= 0.6 is 0 Å². The van der Waals surface area contributed by atoms with E-state index in [4.69, 9.17) is 0 Å². The van der Waals surface area contributed by atoms with E-state index in [1.807, 2.05) is 30.3 Å². The number of fused-ring (bicyclic) bond motifs is 1. The summed E-state index contributed by atoms with van der Waals surface area (Å²) in [7, 11) is 2.18. The van der Waals surface area contributed by atoms with Gasteiger partial charge in [0.25, 0.3) is 0 Å². The van der Waals surface area contributed by atoms with Crippen molar-refractivity contribution in [3.05, 3.63) is 59.4 Å². The topological polar surface area (TPSA) is 8.17 Å². The minimum atomic E-state index is 1.02. The van der Waals surface area contributed by atoms with E-state index in [0.29, 0.717) is 0 Å². The maximum Gasteiger partial charge on any atom is 0.0429 e. The van der Waals surface area contributed by atoms with E-state index in [9.17, 15) is 0 Å². The average Bonchev–Trinajstić information content (AvgIpc) is 2.71. The smallest absolute Gasteiger partial charge is 0.0429 e. The molecule has 0 bridgehead atoms. The predicted octanol–water partition coefficient (Wildman–Crippen LogP) is 2.72. The van der Waals surface area contributed by atoms with Crippen LogP contribution in [0.1, 0.15) is 23.2 Å². The van der Waals surface area contributed by atoms with Gasteiger partial charge in [0.2, 0.25) is 0 Å². The van der Waals surface area contributed by atoms with Crippen molar-refractivity contribution in [1.82, 2.24) is 9.47 Å². The van der Waals surface area contributed by atoms with Gasteiger partial charge in [0, 0.05) is 36.1 Å². The first-order valence-corrected chi connectivity index (χ1v) is 6.76. The highest BCUT2D eigenvalue weighted by atomic mass is 15.1. The minimum Gasteiger partial charge on any atom is -0.349 e. The molecule has 19 heavy (non-hydrogen) atoms. The number of aromatic nitrogens is 1. The average molecular weight is 250 g/mol. The third-order valence-electron chi connectivity index (χ3n) is 3.48. The highest BCUT2D eigenvalue weighted by Crippen LogP contribution is 2.14. The molecule has 0 N–H and O–H groups in total. The van der Waals surface area contributed by atoms with Gasteiger partial charge in [-0.25, -0.2) is 0 Å². The molecule has 2 nitrogen and oxygen atoms in total. The molecule has 0 unspecified atom stereocenters. The van der Waals surface area contributed by atoms with Crippen molar-refractivity contribution in [2.24, 2.45) is 0 Å². The molecule has 0 saturated carbocycles. The second kappa shape index (κ2) is 5.34. The number of aryl methyl sites for hydroxylation is 1. The van der Waals surface area contributed by atoms with Crippen molar-refractivity contribution in [2.45, 2.75) is 19.5 Å². The van der Waals surface area contributed by atoms with Crippen LogP contribution in [0.15, 0.2) is 42.6 Å². The van der Waals surface area contributed by atoms with Crippen LogP contribution < -0.4 is 0 Å². The third kappa shape index (κ3) is 2.89. The quantitative estimate of drug-likeness (QED) is 0.653. The first-order chi connectivity index (χ1) is 9.31. The Morgan fingerprint density at radius 2 is 1.79 bits per heavy atom. The zero-order valence-corrected chi connectivity index (χ0v) is 11.3. The summed E-state index contributed by atoms with van der Waals surface area (Å²) in [5, 5.41) is 0. The molecule has 0 radical (unpaired) electrons. The number of benzene rings is 1. The lowest BCUT2D eigenvalue weighted by molar-refractivity contribution is 0.332. The fourth-order valence-corrected chi connectivity index (χ4v) is 2.50. The van der Waals surface area contributed by atoms with Crippen molar-refractivity contribution >= 4 is 0 Å². The first-order valence-electron chi connectivity index (χ1n) is 6.76. The largest absolute Gasteiger partial charge is 0.349 e. The molecule has 0 aliphatic carbocycles. The molecule has 0 amide bonds. The van der Waals surface area contributed by atoms with E-state index >= 15 is 0 Å². The summed E-state index contributed by atoms with van der Waals surface area (Å²) in [6.45, 7) is 3.30. The van der Waals surface area contributed by atoms with Crippen LogP contribution in [0.2, 0.25) is 0 Å². The van der Waals surface area contributed by atoms with Gasteiger partial charge in [0.1, 0.15) is 0 Å². The van der Waals surface area contributed by atoms with E-state index in [0.717, 1.165) is 24.2 Å². The Kier molecular flexibility index (Phi) is 3.39. The van der Waals surface area contributed by atoms with Crippen LogP contribution in [0.25, 0.3) is 0 Å². The second-order valence-corrected chi connectivity index (χ2v) is 5.12. The van der Waals surface area contributed by atoms with Crippen LogP contribution in [0, 0.1) is 11.8 Å². The zero-order chi connectivity index (χ0) is 13.1. The molecule has 0 atom stereocenters. The van der Waals surface area contributed by atoms with Crippen LogP contribution in [0.3, 0.4) is 0 Å². The van der Waals surface area contributed by atoms with Gasteiger partial charge in [0.05, 0.1) is 0 Å². The molecular formula is C17H18N2. The molecule has 0 saturated heterocycles. The van der Waals surface area contributed by atoms with Crippen LogP contribution in [0.5, 0.6) is 0 Å². The summed E-state index contributed by atoms with van der Waals surface area (Å²) >= 11 is 0. The Bertz CT molecular complexity index is 614. The minimum absolute atomic E-state index is 1.02. The molecule has 3 rings (SSSR count). The maximum absolute atomic E-state index is 3.26. The molecule has 1 aliphatic heterocycles. The normalized spacial score (nSPS) is 15.2. The maximum atomic E-state index is 3.26. The van der Waals surface area contributed by atoms with Gasteiger partial charge in [-0.15, -0.1) is 0 Å². The number of hydrogen-bond acceptors (Lipinski definition) is 1. The standard InChI is InChI=1S/C17H18N2/c1-18-10-5-11-19-13-16(12-17(19)14-18)9-8-15-6-3-2-4-7-15/h2-4,6-7,12-13H,5,10-11,14H2,1H3. The number of nitrogens with zero attached hydrogens (tertiary/aromatic N) is 2. The summed E-state index contributed by atoms with van der Waals surface area (Å²) in [4.78, 5) is 2.37. The Labute approximate surface area is 114 Å². The highest BCUT2D eigenvalue weighted by molar-refractivity contribution is 5.43. The summed E-state index contributed by atoms with van der Waals surface area (Å²) in [6.07, 6.45) is 3.40. The lowest BCUT2D eigenvalue weighted by Gasteiger charge is -2.11. The van der Waals surface area contributed by atoms with Crippen molar-refractivity contribution in [1.29, 1.82) is 0 Å². The van der Waals surface area contributed by atoms with Crippen LogP contribution in [-0.4, -0.2) is 23.1 Å². The van der Waals surface area contributed by atoms with Crippen molar-refractivity contribution in [3.8, 4) is 11.8 Å². The molecule has 2 aromatic rings. The molecule has 96 valence electrons. The third-order valence-corrected chi connectivity index (χ3v) is 3.48. The van der Waals surface area contributed by atoms with Gasteiger partial charge < -0.3 is 9.47 Å². The lowest BCUT2D eigenvalue weighted by atomic mass is 10.2. The summed E-state index contributed by atoms with van der Waals surface area (Å²) in [5.74, 6) is 6.48. The molecule has 1 aromatic heterocycles. The Morgan fingerprint density at radius 3 is 2.63 bits per heavy atom.